The SMILES string of the molecule is CCOC(=O)C(C(=O)OCC)c1cc(Br)cc(C)c1[N+](=O)[O-]. The van der Waals surface area contributed by atoms with Crippen molar-refractivity contribution in [3.8, 4) is 0 Å². The van der Waals surface area contributed by atoms with Crippen molar-refractivity contribution in [3.05, 3.63) is 37.8 Å². The van der Waals surface area contributed by atoms with Gasteiger partial charge in [-0.05, 0) is 32.9 Å². The lowest BCUT2D eigenvalue weighted by Gasteiger charge is -2.16. The molecular weight excluding hydrogens is 358 g/mol. The zero-order valence-corrected chi connectivity index (χ0v) is 14.0. The molecule has 0 aliphatic rings. The van der Waals surface area contributed by atoms with Crippen LogP contribution in [0, 0.1) is 17.0 Å². The highest BCUT2D eigenvalue weighted by molar-refractivity contribution is 9.10. The van der Waals surface area contributed by atoms with Crippen molar-refractivity contribution in [2.24, 2.45) is 0 Å². The summed E-state index contributed by atoms with van der Waals surface area (Å²) in [5.74, 6) is -3.24. The maximum Gasteiger partial charge on any atom is 0.325 e. The third kappa shape index (κ3) is 4.03. The van der Waals surface area contributed by atoms with E-state index in [1.807, 2.05) is 0 Å². The first-order valence-electron chi connectivity index (χ1n) is 6.61. The molecule has 0 radical (unpaired) electrons. The number of halogens is 1. The van der Waals surface area contributed by atoms with Crippen LogP contribution in [0.4, 0.5) is 5.69 Å². The standard InChI is InChI=1S/C14H16BrNO6/c1-4-21-13(17)11(14(18)22-5-2)10-7-9(15)6-8(3)12(10)16(19)20/h6-7,11H,4-5H2,1-3H3. The number of hydrogen-bond acceptors (Lipinski definition) is 6. The molecular formula is C14H16BrNO6. The summed E-state index contributed by atoms with van der Waals surface area (Å²) in [6.07, 6.45) is 0. The second kappa shape index (κ2) is 7.88. The number of nitro benzene ring substituents is 1. The zero-order valence-electron chi connectivity index (χ0n) is 12.4. The molecule has 0 heterocycles. The Labute approximate surface area is 135 Å². The van der Waals surface area contributed by atoms with Gasteiger partial charge in [0.05, 0.1) is 23.7 Å². The Morgan fingerprint density at radius 3 is 2.14 bits per heavy atom. The van der Waals surface area contributed by atoms with E-state index in [1.54, 1.807) is 13.8 Å². The van der Waals surface area contributed by atoms with Gasteiger partial charge in [0.15, 0.2) is 5.92 Å². The molecule has 8 heteroatoms. The number of esters is 2. The lowest BCUT2D eigenvalue weighted by atomic mass is 9.95. The summed E-state index contributed by atoms with van der Waals surface area (Å²) in [5.41, 5.74) is -0.0175. The quantitative estimate of drug-likeness (QED) is 0.329. The van der Waals surface area contributed by atoms with Gasteiger partial charge in [-0.25, -0.2) is 0 Å². The number of benzene rings is 1. The Hall–Kier alpha value is -1.96. The predicted molar refractivity (Wildman–Crippen MR) is 81.5 cm³/mol. The van der Waals surface area contributed by atoms with E-state index in [1.165, 1.54) is 19.1 Å². The minimum absolute atomic E-state index is 0.0474. The highest BCUT2D eigenvalue weighted by atomic mass is 79.9. The molecule has 0 aliphatic heterocycles. The molecule has 0 saturated carbocycles. The van der Waals surface area contributed by atoms with Gasteiger partial charge >= 0.3 is 11.9 Å². The summed E-state index contributed by atoms with van der Waals surface area (Å²) in [4.78, 5) is 34.9. The number of rotatable bonds is 6. The summed E-state index contributed by atoms with van der Waals surface area (Å²) in [5, 5.41) is 11.3. The highest BCUT2D eigenvalue weighted by Gasteiger charge is 2.37. The molecule has 0 amide bonds. The van der Waals surface area contributed by atoms with E-state index in [0.29, 0.717) is 10.0 Å². The van der Waals surface area contributed by atoms with Crippen LogP contribution in [0.15, 0.2) is 16.6 Å². The molecule has 0 atom stereocenters. The summed E-state index contributed by atoms with van der Waals surface area (Å²) in [7, 11) is 0. The Balaban J connectivity index is 3.50. The second-order valence-electron chi connectivity index (χ2n) is 4.35. The molecule has 7 nitrogen and oxygen atoms in total. The van der Waals surface area contributed by atoms with Crippen LogP contribution < -0.4 is 0 Å². The molecule has 1 rings (SSSR count). The number of carbonyl (C=O) groups is 2. The maximum absolute atomic E-state index is 12.1. The number of aryl methyl sites for hydroxylation is 1. The fourth-order valence-electron chi connectivity index (χ4n) is 2.03. The van der Waals surface area contributed by atoms with Crippen LogP contribution in [-0.2, 0) is 19.1 Å². The smallest absolute Gasteiger partial charge is 0.325 e. The lowest BCUT2D eigenvalue weighted by Crippen LogP contribution is -2.27. The largest absolute Gasteiger partial charge is 0.465 e. The molecule has 120 valence electrons. The Morgan fingerprint density at radius 2 is 1.73 bits per heavy atom. The van der Waals surface area contributed by atoms with Gasteiger partial charge in [-0.1, -0.05) is 15.9 Å². The summed E-state index contributed by atoms with van der Waals surface area (Å²) < 4.78 is 10.2. The normalized spacial score (nSPS) is 10.4. The van der Waals surface area contributed by atoms with Crippen LogP contribution in [0.1, 0.15) is 30.9 Å². The van der Waals surface area contributed by atoms with Gasteiger partial charge in [0.2, 0.25) is 0 Å². The topological polar surface area (TPSA) is 95.7 Å². The molecule has 0 N–H and O–H groups in total. The van der Waals surface area contributed by atoms with Gasteiger partial charge in [-0.15, -0.1) is 0 Å². The van der Waals surface area contributed by atoms with E-state index in [2.05, 4.69) is 15.9 Å². The molecule has 0 fully saturated rings. The number of ether oxygens (including phenoxy) is 2. The third-order valence-electron chi connectivity index (χ3n) is 2.83. The van der Waals surface area contributed by atoms with E-state index in [0.717, 1.165) is 0 Å². The van der Waals surface area contributed by atoms with Crippen molar-refractivity contribution < 1.29 is 24.0 Å². The number of nitro groups is 1. The molecule has 0 saturated heterocycles. The molecule has 22 heavy (non-hydrogen) atoms. The number of carbonyl (C=O) groups excluding carboxylic acids is 2. The summed E-state index contributed by atoms with van der Waals surface area (Å²) >= 11 is 3.21. The fraction of sp³-hybridized carbons (Fsp3) is 0.429. The number of hydrogen-bond donors (Lipinski definition) is 0. The zero-order chi connectivity index (χ0) is 16.9. The maximum atomic E-state index is 12.1. The van der Waals surface area contributed by atoms with E-state index in [4.69, 9.17) is 9.47 Å². The van der Waals surface area contributed by atoms with E-state index in [-0.39, 0.29) is 24.5 Å². The third-order valence-corrected chi connectivity index (χ3v) is 3.29. The molecule has 1 aromatic carbocycles. The van der Waals surface area contributed by atoms with Crippen LogP contribution in [0.5, 0.6) is 0 Å². The second-order valence-corrected chi connectivity index (χ2v) is 5.27. The Morgan fingerprint density at radius 1 is 1.23 bits per heavy atom. The lowest BCUT2D eigenvalue weighted by molar-refractivity contribution is -0.386. The first-order valence-corrected chi connectivity index (χ1v) is 7.40. The minimum atomic E-state index is -1.49. The van der Waals surface area contributed by atoms with Crippen LogP contribution in [0.3, 0.4) is 0 Å². The van der Waals surface area contributed by atoms with Gasteiger partial charge in [-0.3, -0.25) is 19.7 Å². The van der Waals surface area contributed by atoms with Gasteiger partial charge in [0, 0.05) is 10.0 Å². The molecule has 0 aliphatic carbocycles. The molecule has 0 unspecified atom stereocenters. The molecule has 0 spiro atoms. The van der Waals surface area contributed by atoms with E-state index < -0.39 is 22.8 Å². The number of nitrogens with zero attached hydrogens (tertiary/aromatic N) is 1. The average molecular weight is 374 g/mol. The van der Waals surface area contributed by atoms with Crippen LogP contribution in [0.25, 0.3) is 0 Å². The Kier molecular flexibility index (Phi) is 6.48. The van der Waals surface area contributed by atoms with Gasteiger partial charge in [-0.2, -0.15) is 0 Å². The summed E-state index contributed by atoms with van der Waals surface area (Å²) in [6.45, 7) is 4.80. The van der Waals surface area contributed by atoms with Crippen molar-refractivity contribution in [2.45, 2.75) is 26.7 Å². The van der Waals surface area contributed by atoms with Crippen molar-refractivity contribution in [1.29, 1.82) is 0 Å². The highest BCUT2D eigenvalue weighted by Crippen LogP contribution is 2.34. The summed E-state index contributed by atoms with van der Waals surface area (Å²) in [6, 6.07) is 2.90. The van der Waals surface area contributed by atoms with Gasteiger partial charge in [0.25, 0.3) is 5.69 Å². The van der Waals surface area contributed by atoms with Crippen LogP contribution in [0.2, 0.25) is 0 Å². The first-order chi connectivity index (χ1) is 10.3. The Bertz CT molecular complexity index is 583. The predicted octanol–water partition coefficient (Wildman–Crippen LogP) is 2.88. The minimum Gasteiger partial charge on any atom is -0.465 e. The van der Waals surface area contributed by atoms with Crippen molar-refractivity contribution in [1.82, 2.24) is 0 Å². The van der Waals surface area contributed by atoms with Crippen molar-refractivity contribution >= 4 is 33.6 Å². The first kappa shape index (κ1) is 18.1. The van der Waals surface area contributed by atoms with Gasteiger partial charge < -0.3 is 9.47 Å². The van der Waals surface area contributed by atoms with Crippen molar-refractivity contribution in [3.63, 3.8) is 0 Å². The molecule has 0 bridgehead atoms. The van der Waals surface area contributed by atoms with E-state index >= 15 is 0 Å². The van der Waals surface area contributed by atoms with Crippen molar-refractivity contribution in [2.75, 3.05) is 13.2 Å². The van der Waals surface area contributed by atoms with Gasteiger partial charge in [0.1, 0.15) is 0 Å². The molecule has 1 aromatic rings. The monoisotopic (exact) mass is 373 g/mol. The fourth-order valence-corrected chi connectivity index (χ4v) is 2.62. The average Bonchev–Trinajstić information content (AvgIpc) is 2.38. The van der Waals surface area contributed by atoms with Crippen LogP contribution >= 0.6 is 15.9 Å². The molecule has 0 aromatic heterocycles. The van der Waals surface area contributed by atoms with Crippen LogP contribution in [-0.4, -0.2) is 30.1 Å². The van der Waals surface area contributed by atoms with E-state index in [9.17, 15) is 19.7 Å².